The SMILES string of the molecule is CCCn1ccnc1Nc1ccc(OC)cc1. The van der Waals surface area contributed by atoms with Crippen molar-refractivity contribution >= 4 is 11.6 Å². The van der Waals surface area contributed by atoms with E-state index in [4.69, 9.17) is 4.74 Å². The van der Waals surface area contributed by atoms with Crippen molar-refractivity contribution in [3.8, 4) is 5.75 Å². The predicted octanol–water partition coefficient (Wildman–Crippen LogP) is 3.05. The second-order valence-corrected chi connectivity index (χ2v) is 3.80. The number of anilines is 2. The zero-order chi connectivity index (χ0) is 12.1. The number of aromatic nitrogens is 2. The van der Waals surface area contributed by atoms with E-state index in [1.54, 1.807) is 7.11 Å². The lowest BCUT2D eigenvalue weighted by molar-refractivity contribution is 0.415. The molecule has 4 nitrogen and oxygen atoms in total. The molecule has 2 rings (SSSR count). The Morgan fingerprint density at radius 1 is 1.29 bits per heavy atom. The van der Waals surface area contributed by atoms with Gasteiger partial charge in [0.1, 0.15) is 5.75 Å². The molecule has 90 valence electrons. The topological polar surface area (TPSA) is 39.1 Å². The van der Waals surface area contributed by atoms with Gasteiger partial charge in [-0.25, -0.2) is 4.98 Å². The van der Waals surface area contributed by atoms with Gasteiger partial charge in [-0.15, -0.1) is 0 Å². The third-order valence-corrected chi connectivity index (χ3v) is 2.53. The van der Waals surface area contributed by atoms with E-state index in [2.05, 4.69) is 21.8 Å². The molecule has 17 heavy (non-hydrogen) atoms. The van der Waals surface area contributed by atoms with Crippen molar-refractivity contribution in [2.45, 2.75) is 19.9 Å². The van der Waals surface area contributed by atoms with Gasteiger partial charge in [0.15, 0.2) is 0 Å². The van der Waals surface area contributed by atoms with E-state index < -0.39 is 0 Å². The Labute approximate surface area is 101 Å². The van der Waals surface area contributed by atoms with E-state index in [1.807, 2.05) is 36.7 Å². The average molecular weight is 231 g/mol. The van der Waals surface area contributed by atoms with Crippen molar-refractivity contribution in [3.05, 3.63) is 36.7 Å². The van der Waals surface area contributed by atoms with Gasteiger partial charge in [-0.3, -0.25) is 0 Å². The quantitative estimate of drug-likeness (QED) is 0.859. The molecule has 0 fully saturated rings. The molecule has 0 aliphatic heterocycles. The highest BCUT2D eigenvalue weighted by molar-refractivity contribution is 5.54. The number of ether oxygens (including phenoxy) is 1. The number of rotatable bonds is 5. The molecule has 0 radical (unpaired) electrons. The molecule has 1 N–H and O–H groups in total. The first-order valence-electron chi connectivity index (χ1n) is 5.75. The first-order valence-corrected chi connectivity index (χ1v) is 5.75. The number of hydrogen-bond acceptors (Lipinski definition) is 3. The molecular weight excluding hydrogens is 214 g/mol. The highest BCUT2D eigenvalue weighted by Crippen LogP contribution is 2.18. The number of methoxy groups -OCH3 is 1. The van der Waals surface area contributed by atoms with Crippen molar-refractivity contribution in [2.24, 2.45) is 0 Å². The molecule has 4 heteroatoms. The fourth-order valence-electron chi connectivity index (χ4n) is 1.66. The normalized spacial score (nSPS) is 10.2. The average Bonchev–Trinajstić information content (AvgIpc) is 2.78. The molecule has 0 atom stereocenters. The molecule has 0 saturated carbocycles. The molecule has 1 aromatic carbocycles. The Kier molecular flexibility index (Phi) is 3.65. The summed E-state index contributed by atoms with van der Waals surface area (Å²) in [5.41, 5.74) is 1.01. The van der Waals surface area contributed by atoms with Gasteiger partial charge in [-0.2, -0.15) is 0 Å². The van der Waals surface area contributed by atoms with Crippen LogP contribution in [0.2, 0.25) is 0 Å². The maximum absolute atomic E-state index is 5.12. The zero-order valence-electron chi connectivity index (χ0n) is 10.2. The minimum atomic E-state index is 0.854. The molecule has 1 aromatic heterocycles. The third-order valence-electron chi connectivity index (χ3n) is 2.53. The van der Waals surface area contributed by atoms with E-state index in [0.717, 1.165) is 30.4 Å². The first-order chi connectivity index (χ1) is 8.33. The highest BCUT2D eigenvalue weighted by Gasteiger charge is 2.02. The molecule has 0 bridgehead atoms. The molecule has 0 amide bonds. The van der Waals surface area contributed by atoms with Crippen LogP contribution in [0.3, 0.4) is 0 Å². The van der Waals surface area contributed by atoms with Crippen LogP contribution in [0.4, 0.5) is 11.6 Å². The van der Waals surface area contributed by atoms with Crippen molar-refractivity contribution in [1.82, 2.24) is 9.55 Å². The van der Waals surface area contributed by atoms with E-state index >= 15 is 0 Å². The van der Waals surface area contributed by atoms with Crippen molar-refractivity contribution < 1.29 is 4.74 Å². The van der Waals surface area contributed by atoms with Crippen LogP contribution in [0.5, 0.6) is 5.75 Å². The van der Waals surface area contributed by atoms with E-state index in [-0.39, 0.29) is 0 Å². The van der Waals surface area contributed by atoms with Crippen LogP contribution < -0.4 is 10.1 Å². The Balaban J connectivity index is 2.10. The number of aryl methyl sites for hydroxylation is 1. The Morgan fingerprint density at radius 2 is 2.06 bits per heavy atom. The number of hydrogen-bond donors (Lipinski definition) is 1. The van der Waals surface area contributed by atoms with Crippen LogP contribution in [-0.2, 0) is 6.54 Å². The summed E-state index contributed by atoms with van der Waals surface area (Å²) in [6.45, 7) is 3.12. The van der Waals surface area contributed by atoms with Crippen molar-refractivity contribution in [2.75, 3.05) is 12.4 Å². The van der Waals surface area contributed by atoms with Crippen LogP contribution in [0, 0.1) is 0 Å². The molecule has 0 spiro atoms. The maximum Gasteiger partial charge on any atom is 0.207 e. The molecule has 2 aromatic rings. The lowest BCUT2D eigenvalue weighted by atomic mass is 10.3. The van der Waals surface area contributed by atoms with Gasteiger partial charge in [0.05, 0.1) is 7.11 Å². The largest absolute Gasteiger partial charge is 0.497 e. The monoisotopic (exact) mass is 231 g/mol. The molecule has 0 aliphatic carbocycles. The summed E-state index contributed by atoms with van der Waals surface area (Å²) in [4.78, 5) is 4.29. The van der Waals surface area contributed by atoms with Crippen LogP contribution in [0.25, 0.3) is 0 Å². The van der Waals surface area contributed by atoms with Gasteiger partial charge >= 0.3 is 0 Å². The van der Waals surface area contributed by atoms with Crippen LogP contribution >= 0.6 is 0 Å². The van der Waals surface area contributed by atoms with Crippen molar-refractivity contribution in [3.63, 3.8) is 0 Å². The van der Waals surface area contributed by atoms with Gasteiger partial charge in [0, 0.05) is 24.6 Å². The second kappa shape index (κ2) is 5.39. The predicted molar refractivity (Wildman–Crippen MR) is 68.8 cm³/mol. The minimum absolute atomic E-state index is 0.854. The fourth-order valence-corrected chi connectivity index (χ4v) is 1.66. The van der Waals surface area contributed by atoms with Crippen LogP contribution in [0.15, 0.2) is 36.7 Å². The zero-order valence-corrected chi connectivity index (χ0v) is 10.2. The third kappa shape index (κ3) is 2.78. The van der Waals surface area contributed by atoms with Crippen LogP contribution in [0.1, 0.15) is 13.3 Å². The summed E-state index contributed by atoms with van der Waals surface area (Å²) >= 11 is 0. The number of benzene rings is 1. The Morgan fingerprint density at radius 3 is 2.71 bits per heavy atom. The van der Waals surface area contributed by atoms with Gasteiger partial charge in [-0.05, 0) is 30.7 Å². The molecule has 0 aliphatic rings. The molecule has 1 heterocycles. The Bertz CT molecular complexity index is 462. The summed E-state index contributed by atoms with van der Waals surface area (Å²) in [5, 5.41) is 3.28. The van der Waals surface area contributed by atoms with E-state index in [9.17, 15) is 0 Å². The molecular formula is C13H17N3O. The van der Waals surface area contributed by atoms with Gasteiger partial charge in [0.25, 0.3) is 0 Å². The fraction of sp³-hybridized carbons (Fsp3) is 0.308. The van der Waals surface area contributed by atoms with E-state index in [0.29, 0.717) is 0 Å². The number of nitrogens with one attached hydrogen (secondary N) is 1. The minimum Gasteiger partial charge on any atom is -0.497 e. The Hall–Kier alpha value is -1.97. The summed E-state index contributed by atoms with van der Waals surface area (Å²) in [6.07, 6.45) is 4.88. The lowest BCUT2D eigenvalue weighted by Gasteiger charge is -2.09. The summed E-state index contributed by atoms with van der Waals surface area (Å²) < 4.78 is 7.22. The van der Waals surface area contributed by atoms with E-state index in [1.165, 1.54) is 0 Å². The number of nitrogens with zero attached hydrogens (tertiary/aromatic N) is 2. The first kappa shape index (κ1) is 11.5. The van der Waals surface area contributed by atoms with Crippen LogP contribution in [-0.4, -0.2) is 16.7 Å². The molecule has 0 unspecified atom stereocenters. The number of imidazole rings is 1. The smallest absolute Gasteiger partial charge is 0.207 e. The standard InChI is InChI=1S/C13H17N3O/c1-3-9-16-10-8-14-13(16)15-11-4-6-12(17-2)7-5-11/h4-8,10H,3,9H2,1-2H3,(H,14,15). The van der Waals surface area contributed by atoms with Gasteiger partial charge in [-0.1, -0.05) is 6.92 Å². The van der Waals surface area contributed by atoms with Gasteiger partial charge in [0.2, 0.25) is 5.95 Å². The molecule has 0 saturated heterocycles. The second-order valence-electron chi connectivity index (χ2n) is 3.80. The summed E-state index contributed by atoms with van der Waals surface area (Å²) in [7, 11) is 1.66. The van der Waals surface area contributed by atoms with Gasteiger partial charge < -0.3 is 14.6 Å². The summed E-state index contributed by atoms with van der Waals surface area (Å²) in [5.74, 6) is 1.73. The maximum atomic E-state index is 5.12. The lowest BCUT2D eigenvalue weighted by Crippen LogP contribution is -2.02. The van der Waals surface area contributed by atoms with Crippen molar-refractivity contribution in [1.29, 1.82) is 0 Å². The highest BCUT2D eigenvalue weighted by atomic mass is 16.5. The summed E-state index contributed by atoms with van der Waals surface area (Å²) in [6, 6.07) is 7.80.